The molecule has 97 heavy (non-hydrogen) atoms. The molecule has 3 aromatic rings. The summed E-state index contributed by atoms with van der Waals surface area (Å²) in [5.41, 5.74) is 8.02. The predicted molar refractivity (Wildman–Crippen MR) is 495 cm³/mol. The van der Waals surface area contributed by atoms with E-state index in [9.17, 15) is 19.2 Å². The number of benzene rings is 3. The molecule has 14 rings (SSSR count). The number of nitrogens with zero attached hydrogens (tertiary/aromatic N) is 3. The molecule has 0 bridgehead atoms. The number of thiol groups is 1. The van der Waals surface area contributed by atoms with E-state index in [2.05, 4.69) is 222 Å². The summed E-state index contributed by atoms with van der Waals surface area (Å²) >= 11 is 15.2. The Hall–Kier alpha value is 9.55. The number of allylic oxidation sites excluding steroid dienone is 1. The van der Waals surface area contributed by atoms with E-state index in [0.29, 0.717) is 29.8 Å². The van der Waals surface area contributed by atoms with Crippen LogP contribution in [0.5, 0.6) is 0 Å². The van der Waals surface area contributed by atoms with Gasteiger partial charge in [-0.2, -0.15) is 12.6 Å². The maximum absolute atomic E-state index is 13.7. The van der Waals surface area contributed by atoms with Crippen molar-refractivity contribution in [3.05, 3.63) is 118 Å². The van der Waals surface area contributed by atoms with Crippen LogP contribution < -0.4 is 0 Å². The predicted octanol–water partition coefficient (Wildman–Crippen LogP) is 25.7. The van der Waals surface area contributed by atoms with Gasteiger partial charge in [0.1, 0.15) is 4.87 Å². The molecule has 8 aliphatic heterocycles. The number of amides is 3. The van der Waals surface area contributed by atoms with Gasteiger partial charge in [0.25, 0.3) is 17.7 Å². The van der Waals surface area contributed by atoms with Crippen LogP contribution >= 0.6 is 258 Å². The Bertz CT molecular complexity index is 3200. The second-order valence-corrected chi connectivity index (χ2v) is 116. The summed E-state index contributed by atoms with van der Waals surface area (Å²) in [6.07, 6.45) is 23.2. The number of rotatable bonds is 12. The van der Waals surface area contributed by atoms with Gasteiger partial charge in [-0.25, -0.2) is 0 Å². The number of hydrogen-bond acceptors (Lipinski definition) is 10. The normalized spacial score (nSPS) is 26.4. The van der Waals surface area contributed by atoms with Crippen molar-refractivity contribution in [2.45, 2.75) is 134 Å². The number of fused-ring (bicyclic) bond motifs is 17. The first-order valence-electron chi connectivity index (χ1n) is 31.4. The Kier molecular flexibility index (Phi) is 44.6. The molecule has 3 aliphatic carbocycles. The van der Waals surface area contributed by atoms with Crippen molar-refractivity contribution in [2.24, 2.45) is 17.8 Å². The Labute approximate surface area is 697 Å². The number of thioether (sulfide) groups is 5. The molecule has 17 unspecified atom stereocenters. The van der Waals surface area contributed by atoms with E-state index in [0.717, 1.165) is 91.5 Å². The molecule has 3 aromatic carbocycles. The third-order valence-corrected chi connectivity index (χ3v) is 153. The van der Waals surface area contributed by atoms with Gasteiger partial charge in [0, 0.05) is 156 Å². The van der Waals surface area contributed by atoms with Gasteiger partial charge in [0.05, 0.1) is 19.6 Å². The number of piperidine rings is 1. The molecular formula is C57H92N3O4P23S6V4. The van der Waals surface area contributed by atoms with Crippen LogP contribution in [0.15, 0.2) is 84.9 Å². The first-order valence-corrected chi connectivity index (χ1v) is 77.0. The van der Waals surface area contributed by atoms with E-state index in [1.54, 1.807) is 6.08 Å². The zero-order chi connectivity index (χ0) is 66.5. The second kappa shape index (κ2) is 45.3. The van der Waals surface area contributed by atoms with Crippen LogP contribution in [0.1, 0.15) is 150 Å². The van der Waals surface area contributed by atoms with Crippen LogP contribution in [0, 0.1) is 17.8 Å². The third kappa shape index (κ3) is 22.1. The van der Waals surface area contributed by atoms with Gasteiger partial charge in [-0.1, -0.05) is 101 Å². The van der Waals surface area contributed by atoms with Crippen molar-refractivity contribution >= 4 is 293 Å². The zero-order valence-corrected chi connectivity index (χ0v) is 88.5. The van der Waals surface area contributed by atoms with Gasteiger partial charge < -0.3 is 14.7 Å². The van der Waals surface area contributed by atoms with E-state index in [4.69, 9.17) is 0 Å². The quantitative estimate of drug-likeness (QED) is 0.108. The Morgan fingerprint density at radius 3 is 1.49 bits per heavy atom. The molecule has 0 aromatic heterocycles. The molecule has 530 valence electrons. The summed E-state index contributed by atoms with van der Waals surface area (Å²) in [5, 5.41) is 0. The molecule has 3 amide bonds. The summed E-state index contributed by atoms with van der Waals surface area (Å²) in [6, 6.07) is 25.2. The van der Waals surface area contributed by atoms with Gasteiger partial charge in [-0.3, -0.25) is 19.2 Å². The van der Waals surface area contributed by atoms with E-state index in [-0.39, 0.29) is 180 Å². The molecule has 4 radical (unpaired) electrons. The molecule has 0 N–H and O–H groups in total. The fraction of sp³-hybridized carbons (Fsp3) is 0.544. The summed E-state index contributed by atoms with van der Waals surface area (Å²) in [6.45, 7) is 1.46. The van der Waals surface area contributed by atoms with Crippen LogP contribution in [0.25, 0.3) is 11.4 Å². The van der Waals surface area contributed by atoms with Crippen molar-refractivity contribution in [2.75, 3.05) is 34.5 Å². The Morgan fingerprint density at radius 2 is 0.979 bits per heavy atom. The third-order valence-electron chi connectivity index (χ3n) is 18.9. The molecule has 7 nitrogen and oxygen atoms in total. The first-order chi connectivity index (χ1) is 44.7. The number of ketones is 1. The minimum absolute atomic E-state index is 0. The molecule has 8 heterocycles. The smallest absolute Gasteiger partial charge is 0.259 e. The largest absolute Gasteiger partial charge is 0.316 e. The Morgan fingerprint density at radius 1 is 0.515 bits per heavy atom. The van der Waals surface area contributed by atoms with Crippen LogP contribution in [0.4, 0.5) is 0 Å². The van der Waals surface area contributed by atoms with E-state index < -0.39 is 0 Å². The standard InChI is InChI=1S/C22H29NOS4.C19H21NOS2.C16H15NO2.H14P12.H13P11.4V/c24-20-16-7-1-2-8-17(16)21(26-12-5-11-25)15-22(27-13-6-14-28-22)18-9-3-4-10-19(18)23(20)21;21-18-14-7-2-1-6-13(14)17-12-19(22-10-5-11-23-19)15-8-3-4-9-16(15)20(17)18;18-15-9-14-10-5-1-2-6-11(10)16(19)17(14)13-8-4-3-7-12(13)15;1-8(2)11(7)12(9(3)4)10(5)6;1-7-10(6)11(8(2)3)9(4)5;;;;/h1-2,7-8,18-19,25H,3-6,9-15H2;1-2,6-7,12,15-16H,3-5,8-11H2;1-2,5-6,9,12-13H,3-4,7-8H2;1-7H2;7H,1-6H2;;;;/t18-,19-,21?;15-,16-;12-,13-;;;;;;/m111....../s1. The summed E-state index contributed by atoms with van der Waals surface area (Å²) in [7, 11) is 39.9. The summed E-state index contributed by atoms with van der Waals surface area (Å²) in [4.78, 5) is 57.8. The van der Waals surface area contributed by atoms with Crippen molar-refractivity contribution in [3.8, 4) is 0 Å². The van der Waals surface area contributed by atoms with Crippen LogP contribution in [-0.2, 0) is 83.9 Å². The Balaban J connectivity index is 0.000000198. The van der Waals surface area contributed by atoms with Gasteiger partial charge in [-0.05, 0) is 179 Å². The summed E-state index contributed by atoms with van der Waals surface area (Å²) < 4.78 is 0.485. The monoisotopic (exact) mass is 1990 g/mol. The fourth-order valence-corrected chi connectivity index (χ4v) is 223. The number of carbonyl (C=O) groups is 4. The second-order valence-electron chi connectivity index (χ2n) is 24.3. The number of hydrogen-bond donors (Lipinski definition) is 1. The topological polar surface area (TPSA) is 78.0 Å². The molecule has 23 atom stereocenters. The van der Waals surface area contributed by atoms with Gasteiger partial charge in [0.15, 0.2) is 5.78 Å². The van der Waals surface area contributed by atoms with E-state index in [1.807, 2.05) is 59.1 Å². The molecule has 40 heteroatoms. The molecule has 2 spiro atoms. The van der Waals surface area contributed by atoms with Crippen molar-refractivity contribution in [1.82, 2.24) is 14.7 Å². The van der Waals surface area contributed by atoms with Gasteiger partial charge >= 0.3 is 0 Å². The van der Waals surface area contributed by atoms with Crippen molar-refractivity contribution in [1.29, 1.82) is 0 Å². The first kappa shape index (κ1) is 95.4. The average molecular weight is 1990 g/mol. The van der Waals surface area contributed by atoms with Crippen LogP contribution in [0.2, 0.25) is 0 Å². The van der Waals surface area contributed by atoms with Gasteiger partial charge in [0.2, 0.25) is 0 Å². The SMILES string of the molecule is O=C1C=C2c3ccccc3C(=O)N2[C@@H]2CCCC[C@@H]12.O=C1c2ccccc2C2(SCCCS)CC3(SCCCS3)[C@@H]3CCCC[C@H]3N12.O=C1c2ccccc2C2=CC3(SCCCS3)[C@@H]3CCCC[C@H]3N12.PP(P)P(P)P(P(P)P)P(P)P.PPP(P)P(P(P)P)P(P)P.[V].[V].[V].[V]. The molecule has 11 aliphatic rings. The van der Waals surface area contributed by atoms with Gasteiger partial charge in [-0.15, -0.1) is 175 Å². The fourth-order valence-electron chi connectivity index (χ4n) is 15.2. The van der Waals surface area contributed by atoms with E-state index in [1.165, 1.54) is 98.5 Å². The van der Waals surface area contributed by atoms with E-state index >= 15 is 0 Å². The molecule has 3 saturated carbocycles. The minimum atomic E-state index is -0.174. The molecular weight excluding hydrogens is 1900 g/mol. The molecule has 3 saturated heterocycles. The van der Waals surface area contributed by atoms with Crippen molar-refractivity contribution < 1.29 is 93.4 Å². The number of carbonyl (C=O) groups excluding carboxylic acids is 4. The average Bonchev–Trinajstić information content (AvgIpc) is 1.58. The molecule has 6 fully saturated rings. The summed E-state index contributed by atoms with van der Waals surface area (Å²) in [5.74, 6) is 9.18. The van der Waals surface area contributed by atoms with Crippen molar-refractivity contribution in [3.63, 3.8) is 0 Å². The van der Waals surface area contributed by atoms with Crippen LogP contribution in [0.3, 0.4) is 0 Å². The maximum Gasteiger partial charge on any atom is 0.259 e. The zero-order valence-electron chi connectivity index (χ0n) is 53.9. The van der Waals surface area contributed by atoms with Crippen LogP contribution in [-0.4, -0.2) is 99.0 Å². The maximum atomic E-state index is 13.7. The minimum Gasteiger partial charge on any atom is -0.316 e.